The molecule has 2 aromatic rings. The summed E-state index contributed by atoms with van der Waals surface area (Å²) in [4.78, 5) is 8.33. The van der Waals surface area contributed by atoms with Crippen LogP contribution in [-0.4, -0.2) is 24.1 Å². The highest BCUT2D eigenvalue weighted by Gasteiger charge is 2.15. The van der Waals surface area contributed by atoms with Crippen LogP contribution in [0.4, 0.5) is 5.69 Å². The van der Waals surface area contributed by atoms with Crippen molar-refractivity contribution < 1.29 is 9.15 Å². The summed E-state index contributed by atoms with van der Waals surface area (Å²) >= 11 is 0. The van der Waals surface area contributed by atoms with Crippen LogP contribution in [0.1, 0.15) is 25.7 Å². The fourth-order valence-electron chi connectivity index (χ4n) is 2.75. The molecule has 0 saturated heterocycles. The average molecular weight is 300 g/mol. The minimum absolute atomic E-state index is 0.444. The van der Waals surface area contributed by atoms with Crippen LogP contribution < -0.4 is 15.8 Å². The number of aromatic nitrogens is 1. The van der Waals surface area contributed by atoms with Crippen molar-refractivity contribution in [3.8, 4) is 17.1 Å². The number of oxazole rings is 1. The summed E-state index contributed by atoms with van der Waals surface area (Å²) in [5.74, 6) is 1.78. The monoisotopic (exact) mass is 300 g/mol. The first kappa shape index (κ1) is 14.4. The Bertz CT molecular complexity index is 646. The van der Waals surface area contributed by atoms with Crippen LogP contribution >= 0.6 is 0 Å². The predicted octanol–water partition coefficient (Wildman–Crippen LogP) is 2.83. The smallest absolute Gasteiger partial charge is 0.194 e. The molecule has 0 atom stereocenters. The van der Waals surface area contributed by atoms with E-state index in [0.29, 0.717) is 23.5 Å². The number of guanidine groups is 1. The Hall–Kier alpha value is -2.50. The van der Waals surface area contributed by atoms with E-state index in [0.717, 1.165) is 24.1 Å². The van der Waals surface area contributed by atoms with E-state index in [1.54, 1.807) is 13.3 Å². The molecule has 1 aliphatic rings. The maximum absolute atomic E-state index is 5.98. The van der Waals surface area contributed by atoms with E-state index in [1.807, 2.05) is 18.2 Å². The summed E-state index contributed by atoms with van der Waals surface area (Å²) in [7, 11) is 1.61. The van der Waals surface area contributed by atoms with E-state index in [2.05, 4.69) is 15.3 Å². The van der Waals surface area contributed by atoms with Gasteiger partial charge in [-0.25, -0.2) is 9.98 Å². The van der Waals surface area contributed by atoms with Gasteiger partial charge in [0.25, 0.3) is 0 Å². The molecule has 1 fully saturated rings. The molecular weight excluding hydrogens is 280 g/mol. The minimum atomic E-state index is 0.444. The predicted molar refractivity (Wildman–Crippen MR) is 85.2 cm³/mol. The molecule has 0 radical (unpaired) electrons. The van der Waals surface area contributed by atoms with Crippen molar-refractivity contribution in [1.29, 1.82) is 0 Å². The van der Waals surface area contributed by atoms with Crippen LogP contribution in [0.25, 0.3) is 11.3 Å². The molecule has 22 heavy (non-hydrogen) atoms. The van der Waals surface area contributed by atoms with Crippen molar-refractivity contribution in [2.24, 2.45) is 10.7 Å². The van der Waals surface area contributed by atoms with Crippen LogP contribution in [0.3, 0.4) is 0 Å². The molecule has 0 spiro atoms. The van der Waals surface area contributed by atoms with Gasteiger partial charge in [-0.1, -0.05) is 12.8 Å². The van der Waals surface area contributed by atoms with Gasteiger partial charge in [-0.3, -0.25) is 0 Å². The average Bonchev–Trinajstić information content (AvgIpc) is 3.20. The maximum Gasteiger partial charge on any atom is 0.194 e. The minimum Gasteiger partial charge on any atom is -0.496 e. The van der Waals surface area contributed by atoms with Gasteiger partial charge in [0.1, 0.15) is 5.75 Å². The lowest BCUT2D eigenvalue weighted by Gasteiger charge is -2.12. The van der Waals surface area contributed by atoms with Gasteiger partial charge >= 0.3 is 0 Å². The molecule has 6 heteroatoms. The fraction of sp³-hybridized carbons (Fsp3) is 0.375. The summed E-state index contributed by atoms with van der Waals surface area (Å²) in [6.07, 6.45) is 7.87. The molecule has 3 rings (SSSR count). The maximum atomic E-state index is 5.98. The van der Waals surface area contributed by atoms with Gasteiger partial charge in [0.2, 0.25) is 0 Å². The van der Waals surface area contributed by atoms with Crippen molar-refractivity contribution in [2.45, 2.75) is 31.7 Å². The second-order valence-electron chi connectivity index (χ2n) is 5.37. The van der Waals surface area contributed by atoms with Gasteiger partial charge in [-0.2, -0.15) is 0 Å². The van der Waals surface area contributed by atoms with E-state index < -0.39 is 0 Å². The molecule has 0 amide bonds. The Kier molecular flexibility index (Phi) is 4.27. The normalized spacial score (nSPS) is 16.0. The van der Waals surface area contributed by atoms with Crippen molar-refractivity contribution in [3.05, 3.63) is 30.8 Å². The highest BCUT2D eigenvalue weighted by molar-refractivity contribution is 5.82. The van der Waals surface area contributed by atoms with Gasteiger partial charge in [0.05, 0.1) is 24.6 Å². The molecule has 1 saturated carbocycles. The van der Waals surface area contributed by atoms with Crippen molar-refractivity contribution in [1.82, 2.24) is 10.3 Å². The van der Waals surface area contributed by atoms with Crippen LogP contribution in [0.5, 0.6) is 5.75 Å². The van der Waals surface area contributed by atoms with Crippen LogP contribution in [0.15, 0.2) is 40.2 Å². The quantitative estimate of drug-likeness (QED) is 0.670. The van der Waals surface area contributed by atoms with Gasteiger partial charge in [0.15, 0.2) is 18.1 Å². The topological polar surface area (TPSA) is 85.7 Å². The molecule has 1 aromatic carbocycles. The number of aliphatic imine (C=N–C) groups is 1. The molecule has 6 nitrogen and oxygen atoms in total. The Morgan fingerprint density at radius 2 is 2.23 bits per heavy atom. The second kappa shape index (κ2) is 6.51. The third-order valence-corrected chi connectivity index (χ3v) is 3.84. The van der Waals surface area contributed by atoms with Crippen molar-refractivity contribution in [3.63, 3.8) is 0 Å². The number of ether oxygens (including phenoxy) is 1. The molecular formula is C16H20N4O2. The van der Waals surface area contributed by atoms with E-state index in [4.69, 9.17) is 14.9 Å². The molecule has 1 aliphatic carbocycles. The first-order chi connectivity index (χ1) is 10.8. The third-order valence-electron chi connectivity index (χ3n) is 3.84. The Morgan fingerprint density at radius 3 is 2.91 bits per heavy atom. The summed E-state index contributed by atoms with van der Waals surface area (Å²) < 4.78 is 10.7. The lowest BCUT2D eigenvalue weighted by Crippen LogP contribution is -2.38. The zero-order valence-corrected chi connectivity index (χ0v) is 12.6. The lowest BCUT2D eigenvalue weighted by atomic mass is 10.1. The van der Waals surface area contributed by atoms with Gasteiger partial charge in [-0.15, -0.1) is 0 Å². The lowest BCUT2D eigenvalue weighted by molar-refractivity contribution is 0.415. The number of nitrogens with zero attached hydrogens (tertiary/aromatic N) is 2. The van der Waals surface area contributed by atoms with Crippen molar-refractivity contribution in [2.75, 3.05) is 7.11 Å². The van der Waals surface area contributed by atoms with Gasteiger partial charge in [-0.05, 0) is 25.0 Å². The molecule has 3 N–H and O–H groups in total. The van der Waals surface area contributed by atoms with Crippen LogP contribution in [0.2, 0.25) is 0 Å². The first-order valence-electron chi connectivity index (χ1n) is 7.44. The number of nitrogens with one attached hydrogen (secondary N) is 1. The SMILES string of the molecule is COc1cc(/N=C(\N)NC2CCCC2)ccc1-c1cnco1. The summed E-state index contributed by atoms with van der Waals surface area (Å²) in [5.41, 5.74) is 7.55. The Morgan fingerprint density at radius 1 is 1.41 bits per heavy atom. The van der Waals surface area contributed by atoms with Gasteiger partial charge in [0, 0.05) is 12.1 Å². The number of benzene rings is 1. The van der Waals surface area contributed by atoms with E-state index in [-0.39, 0.29) is 0 Å². The summed E-state index contributed by atoms with van der Waals surface area (Å²) in [6, 6.07) is 6.05. The number of hydrogen-bond acceptors (Lipinski definition) is 4. The third kappa shape index (κ3) is 3.21. The number of hydrogen-bond donors (Lipinski definition) is 2. The van der Waals surface area contributed by atoms with Crippen molar-refractivity contribution >= 4 is 11.6 Å². The molecule has 116 valence electrons. The zero-order valence-electron chi connectivity index (χ0n) is 12.6. The second-order valence-corrected chi connectivity index (χ2v) is 5.37. The standard InChI is InChI=1S/C16H20N4O2/c1-21-14-8-12(6-7-13(14)15-9-18-10-22-15)20-16(17)19-11-4-2-3-5-11/h6-11H,2-5H2,1H3,(H3,17,19,20). The highest BCUT2D eigenvalue weighted by atomic mass is 16.5. The first-order valence-corrected chi connectivity index (χ1v) is 7.44. The van der Waals surface area contributed by atoms with E-state index >= 15 is 0 Å². The highest BCUT2D eigenvalue weighted by Crippen LogP contribution is 2.33. The largest absolute Gasteiger partial charge is 0.496 e. The van der Waals surface area contributed by atoms with E-state index in [1.165, 1.54) is 19.2 Å². The molecule has 1 heterocycles. The number of rotatable bonds is 4. The Labute approximate surface area is 129 Å². The zero-order chi connectivity index (χ0) is 15.4. The van der Waals surface area contributed by atoms with Crippen LogP contribution in [-0.2, 0) is 0 Å². The summed E-state index contributed by atoms with van der Waals surface area (Å²) in [5, 5.41) is 3.27. The molecule has 0 unspecified atom stereocenters. The van der Waals surface area contributed by atoms with Gasteiger partial charge < -0.3 is 20.2 Å². The number of methoxy groups -OCH3 is 1. The molecule has 1 aromatic heterocycles. The summed E-state index contributed by atoms with van der Waals surface area (Å²) in [6.45, 7) is 0. The molecule has 0 bridgehead atoms. The van der Waals surface area contributed by atoms with E-state index in [9.17, 15) is 0 Å². The van der Waals surface area contributed by atoms with Crippen LogP contribution in [0, 0.1) is 0 Å². The molecule has 0 aliphatic heterocycles. The fourth-order valence-corrected chi connectivity index (χ4v) is 2.75. The number of nitrogens with two attached hydrogens (primary N) is 1. The Balaban J connectivity index is 1.79.